The Morgan fingerprint density at radius 1 is 1.08 bits per heavy atom. The molecule has 0 aliphatic rings. The van der Waals surface area contributed by atoms with Gasteiger partial charge in [0.2, 0.25) is 0 Å². The fourth-order valence-corrected chi connectivity index (χ4v) is 1.42. The maximum Gasteiger partial charge on any atom is 0.176 e. The SMILES string of the molecule is Cc1ccc2cc[n+](C)cc2c1. The van der Waals surface area contributed by atoms with Gasteiger partial charge in [-0.05, 0) is 18.4 Å². The monoisotopic (exact) mass is 158 g/mol. The molecule has 12 heavy (non-hydrogen) atoms. The first-order valence-electron chi connectivity index (χ1n) is 4.11. The van der Waals surface area contributed by atoms with Gasteiger partial charge in [0.05, 0.1) is 0 Å². The minimum atomic E-state index is 1.30. The first kappa shape index (κ1) is 7.29. The minimum Gasteiger partial charge on any atom is -0.207 e. The van der Waals surface area contributed by atoms with Crippen LogP contribution in [0.15, 0.2) is 36.7 Å². The summed E-state index contributed by atoms with van der Waals surface area (Å²) in [5.41, 5.74) is 1.31. The van der Waals surface area contributed by atoms with E-state index in [1.165, 1.54) is 16.3 Å². The number of hydrogen-bond acceptors (Lipinski definition) is 0. The van der Waals surface area contributed by atoms with Crippen molar-refractivity contribution >= 4 is 10.8 Å². The summed E-state index contributed by atoms with van der Waals surface area (Å²) >= 11 is 0. The van der Waals surface area contributed by atoms with E-state index >= 15 is 0 Å². The highest BCUT2D eigenvalue weighted by molar-refractivity contribution is 5.81. The third kappa shape index (κ3) is 1.18. The van der Waals surface area contributed by atoms with Crippen molar-refractivity contribution in [3.8, 4) is 0 Å². The van der Waals surface area contributed by atoms with Crippen molar-refractivity contribution in [3.05, 3.63) is 42.2 Å². The Morgan fingerprint density at radius 2 is 1.92 bits per heavy atom. The molecule has 1 aromatic carbocycles. The van der Waals surface area contributed by atoms with Crippen LogP contribution in [0, 0.1) is 6.92 Å². The smallest absolute Gasteiger partial charge is 0.176 e. The van der Waals surface area contributed by atoms with Crippen LogP contribution in [0.2, 0.25) is 0 Å². The van der Waals surface area contributed by atoms with Gasteiger partial charge in [0.25, 0.3) is 0 Å². The van der Waals surface area contributed by atoms with Crippen molar-refractivity contribution in [2.45, 2.75) is 6.92 Å². The molecule has 0 radical (unpaired) electrons. The van der Waals surface area contributed by atoms with E-state index in [9.17, 15) is 0 Å². The topological polar surface area (TPSA) is 3.88 Å². The second-order valence-electron chi connectivity index (χ2n) is 3.24. The summed E-state index contributed by atoms with van der Waals surface area (Å²) in [4.78, 5) is 0. The van der Waals surface area contributed by atoms with Crippen LogP contribution in [0.4, 0.5) is 0 Å². The number of benzene rings is 1. The normalized spacial score (nSPS) is 10.5. The Kier molecular flexibility index (Phi) is 1.58. The van der Waals surface area contributed by atoms with Gasteiger partial charge in [-0.25, -0.2) is 4.57 Å². The van der Waals surface area contributed by atoms with E-state index < -0.39 is 0 Å². The fraction of sp³-hybridized carbons (Fsp3) is 0.182. The van der Waals surface area contributed by atoms with Crippen LogP contribution in [0.25, 0.3) is 10.8 Å². The average molecular weight is 158 g/mol. The molecule has 0 aliphatic carbocycles. The second-order valence-corrected chi connectivity index (χ2v) is 3.24. The summed E-state index contributed by atoms with van der Waals surface area (Å²) in [6.07, 6.45) is 4.21. The van der Waals surface area contributed by atoms with Gasteiger partial charge in [-0.15, -0.1) is 0 Å². The highest BCUT2D eigenvalue weighted by Gasteiger charge is 1.97. The number of hydrogen-bond donors (Lipinski definition) is 0. The zero-order valence-electron chi connectivity index (χ0n) is 7.41. The molecule has 0 saturated carbocycles. The molecule has 0 atom stereocenters. The zero-order chi connectivity index (χ0) is 8.55. The number of aromatic nitrogens is 1. The summed E-state index contributed by atoms with van der Waals surface area (Å²) in [6, 6.07) is 8.64. The molecule has 0 bridgehead atoms. The fourth-order valence-electron chi connectivity index (χ4n) is 1.42. The van der Waals surface area contributed by atoms with Crippen molar-refractivity contribution in [3.63, 3.8) is 0 Å². The highest BCUT2D eigenvalue weighted by atomic mass is 14.9. The van der Waals surface area contributed by atoms with E-state index in [0.717, 1.165) is 0 Å². The first-order chi connectivity index (χ1) is 5.75. The van der Waals surface area contributed by atoms with Crippen LogP contribution >= 0.6 is 0 Å². The van der Waals surface area contributed by atoms with Gasteiger partial charge in [-0.3, -0.25) is 0 Å². The van der Waals surface area contributed by atoms with Gasteiger partial charge in [-0.1, -0.05) is 17.7 Å². The molecule has 1 heteroatoms. The van der Waals surface area contributed by atoms with E-state index in [-0.39, 0.29) is 0 Å². The lowest BCUT2D eigenvalue weighted by molar-refractivity contribution is -0.670. The van der Waals surface area contributed by atoms with Crippen LogP contribution in [0.3, 0.4) is 0 Å². The lowest BCUT2D eigenvalue weighted by Crippen LogP contribution is -2.25. The van der Waals surface area contributed by atoms with Crippen LogP contribution < -0.4 is 4.57 Å². The summed E-state index contributed by atoms with van der Waals surface area (Å²) in [5, 5.41) is 2.61. The largest absolute Gasteiger partial charge is 0.207 e. The number of fused-ring (bicyclic) bond motifs is 1. The molecule has 0 N–H and O–H groups in total. The Balaban J connectivity index is 2.80. The molecule has 1 aromatic heterocycles. The molecule has 0 unspecified atom stereocenters. The zero-order valence-corrected chi connectivity index (χ0v) is 7.41. The quantitative estimate of drug-likeness (QED) is 0.516. The van der Waals surface area contributed by atoms with Crippen molar-refractivity contribution in [2.24, 2.45) is 7.05 Å². The standard InChI is InChI=1S/C11H12N/c1-9-3-4-10-5-6-12(2)8-11(10)7-9/h3-8H,1-2H3/q+1. The minimum absolute atomic E-state index is 1.30. The molecule has 0 saturated heterocycles. The number of nitrogens with zero attached hydrogens (tertiary/aromatic N) is 1. The van der Waals surface area contributed by atoms with Gasteiger partial charge >= 0.3 is 0 Å². The van der Waals surface area contributed by atoms with E-state index in [1.54, 1.807) is 0 Å². The van der Waals surface area contributed by atoms with Crippen molar-refractivity contribution < 1.29 is 4.57 Å². The maximum atomic E-state index is 2.20. The lowest BCUT2D eigenvalue weighted by Gasteiger charge is -1.96. The van der Waals surface area contributed by atoms with E-state index in [0.29, 0.717) is 0 Å². The molecular formula is C11H12N+. The lowest BCUT2D eigenvalue weighted by atomic mass is 10.1. The molecule has 0 amide bonds. The highest BCUT2D eigenvalue weighted by Crippen LogP contribution is 2.12. The number of aryl methyl sites for hydroxylation is 2. The molecule has 60 valence electrons. The number of pyridine rings is 1. The Hall–Kier alpha value is -1.37. The van der Waals surface area contributed by atoms with Crippen molar-refractivity contribution in [2.75, 3.05) is 0 Å². The van der Waals surface area contributed by atoms with E-state index in [1.807, 2.05) is 7.05 Å². The molecule has 1 heterocycles. The Labute approximate surface area is 72.3 Å². The molecular weight excluding hydrogens is 146 g/mol. The molecule has 2 rings (SSSR count). The molecule has 1 nitrogen and oxygen atoms in total. The molecule has 0 aliphatic heterocycles. The van der Waals surface area contributed by atoms with Crippen LogP contribution in [0.1, 0.15) is 5.56 Å². The Morgan fingerprint density at radius 3 is 2.75 bits per heavy atom. The summed E-state index contributed by atoms with van der Waals surface area (Å²) in [5.74, 6) is 0. The van der Waals surface area contributed by atoms with Crippen molar-refractivity contribution in [1.82, 2.24) is 0 Å². The third-order valence-electron chi connectivity index (χ3n) is 2.07. The van der Waals surface area contributed by atoms with E-state index in [2.05, 4.69) is 48.1 Å². The summed E-state index contributed by atoms with van der Waals surface area (Å²) in [6.45, 7) is 2.12. The van der Waals surface area contributed by atoms with Crippen LogP contribution in [-0.4, -0.2) is 0 Å². The maximum absolute atomic E-state index is 2.20. The second kappa shape index (κ2) is 2.59. The Bertz CT molecular complexity index is 382. The van der Waals surface area contributed by atoms with Crippen LogP contribution in [-0.2, 0) is 7.05 Å². The third-order valence-corrected chi connectivity index (χ3v) is 2.07. The molecule has 0 fully saturated rings. The van der Waals surface area contributed by atoms with Gasteiger partial charge in [0, 0.05) is 11.5 Å². The molecule has 2 aromatic rings. The average Bonchev–Trinajstić information content (AvgIpc) is 2.03. The van der Waals surface area contributed by atoms with E-state index in [4.69, 9.17) is 0 Å². The number of rotatable bonds is 0. The van der Waals surface area contributed by atoms with Gasteiger partial charge in [-0.2, -0.15) is 0 Å². The summed E-state index contributed by atoms with van der Waals surface area (Å²) < 4.78 is 2.07. The van der Waals surface area contributed by atoms with Gasteiger partial charge in [0.1, 0.15) is 7.05 Å². The predicted octanol–water partition coefficient (Wildman–Crippen LogP) is 1.97. The summed E-state index contributed by atoms with van der Waals surface area (Å²) in [7, 11) is 2.04. The molecule has 0 spiro atoms. The first-order valence-corrected chi connectivity index (χ1v) is 4.11. The van der Waals surface area contributed by atoms with Gasteiger partial charge < -0.3 is 0 Å². The van der Waals surface area contributed by atoms with Crippen molar-refractivity contribution in [1.29, 1.82) is 0 Å². The van der Waals surface area contributed by atoms with Gasteiger partial charge in [0.15, 0.2) is 12.4 Å². The predicted molar refractivity (Wildman–Crippen MR) is 49.9 cm³/mol. The van der Waals surface area contributed by atoms with Crippen LogP contribution in [0.5, 0.6) is 0 Å².